The number of likely N-dealkylation sites (tertiary alicyclic amines) is 1. The molecule has 0 aliphatic carbocycles. The first-order valence-electron chi connectivity index (χ1n) is 8.24. The van der Waals surface area contributed by atoms with E-state index in [0.717, 1.165) is 19.3 Å². The number of piperidine rings is 1. The molecule has 140 valence electrons. The average Bonchev–Trinajstić information content (AvgIpc) is 3.11. The van der Waals surface area contributed by atoms with Gasteiger partial charge >= 0.3 is 0 Å². The summed E-state index contributed by atoms with van der Waals surface area (Å²) in [6.07, 6.45) is 2.95. The van der Waals surface area contributed by atoms with Crippen LogP contribution in [0, 0.1) is 10.1 Å². The highest BCUT2D eigenvalue weighted by molar-refractivity contribution is 7.13. The van der Waals surface area contributed by atoms with Crippen molar-refractivity contribution in [2.75, 3.05) is 6.54 Å². The molecule has 9 heteroatoms. The van der Waals surface area contributed by atoms with Gasteiger partial charge < -0.3 is 10.6 Å². The first-order chi connectivity index (χ1) is 12.0. The third kappa shape index (κ3) is 4.20. The molecule has 0 radical (unpaired) electrons. The number of nitrogens with two attached hydrogens (primary N) is 1. The minimum absolute atomic E-state index is 0. The Morgan fingerprint density at radius 2 is 2.23 bits per heavy atom. The van der Waals surface area contributed by atoms with Gasteiger partial charge in [-0.15, -0.1) is 23.7 Å². The van der Waals surface area contributed by atoms with Gasteiger partial charge in [-0.25, -0.2) is 4.98 Å². The van der Waals surface area contributed by atoms with Crippen molar-refractivity contribution < 1.29 is 9.72 Å². The minimum Gasteiger partial charge on any atom is -0.333 e. The fraction of sp³-hybridized carbons (Fsp3) is 0.412. The summed E-state index contributed by atoms with van der Waals surface area (Å²) in [6.45, 7) is 2.61. The number of hydrogen-bond donors (Lipinski definition) is 1. The van der Waals surface area contributed by atoms with Gasteiger partial charge in [0.25, 0.3) is 11.6 Å². The zero-order valence-electron chi connectivity index (χ0n) is 14.3. The van der Waals surface area contributed by atoms with Gasteiger partial charge in [-0.05, 0) is 26.2 Å². The number of benzene rings is 1. The number of amides is 1. The number of thiazole rings is 1. The van der Waals surface area contributed by atoms with Gasteiger partial charge in [0.1, 0.15) is 10.7 Å². The summed E-state index contributed by atoms with van der Waals surface area (Å²) >= 11 is 1.31. The van der Waals surface area contributed by atoms with Crippen LogP contribution in [-0.2, 0) is 0 Å². The van der Waals surface area contributed by atoms with Crippen LogP contribution in [0.25, 0.3) is 10.6 Å². The number of nitro benzene ring substituents is 1. The SMILES string of the molecule is CC(N)C1CCCCN1C(=O)c1csc(-c2cccc([N+](=O)[O-])c2)n1.Cl. The van der Waals surface area contributed by atoms with Crippen LogP contribution in [0.4, 0.5) is 5.69 Å². The number of non-ortho nitro benzene ring substituents is 1. The summed E-state index contributed by atoms with van der Waals surface area (Å²) in [5, 5.41) is 13.2. The van der Waals surface area contributed by atoms with Crippen molar-refractivity contribution in [3.63, 3.8) is 0 Å². The summed E-state index contributed by atoms with van der Waals surface area (Å²) < 4.78 is 0. The lowest BCUT2D eigenvalue weighted by atomic mass is 9.96. The fourth-order valence-corrected chi connectivity index (χ4v) is 3.95. The van der Waals surface area contributed by atoms with Crippen molar-refractivity contribution in [2.24, 2.45) is 5.73 Å². The second kappa shape index (κ2) is 8.57. The maximum absolute atomic E-state index is 12.8. The van der Waals surface area contributed by atoms with Gasteiger partial charge in [-0.1, -0.05) is 12.1 Å². The third-order valence-corrected chi connectivity index (χ3v) is 5.34. The molecule has 3 rings (SSSR count). The quantitative estimate of drug-likeness (QED) is 0.629. The van der Waals surface area contributed by atoms with Crippen LogP contribution in [0.2, 0.25) is 0 Å². The molecule has 2 heterocycles. The van der Waals surface area contributed by atoms with E-state index in [4.69, 9.17) is 5.73 Å². The van der Waals surface area contributed by atoms with Crippen LogP contribution in [0.5, 0.6) is 0 Å². The van der Waals surface area contributed by atoms with E-state index in [0.29, 0.717) is 22.8 Å². The van der Waals surface area contributed by atoms with Crippen LogP contribution in [-0.4, -0.2) is 39.3 Å². The predicted octanol–water partition coefficient (Wildman–Crippen LogP) is 3.48. The molecule has 7 nitrogen and oxygen atoms in total. The molecule has 1 aliphatic heterocycles. The number of halogens is 1. The molecule has 1 aliphatic rings. The van der Waals surface area contributed by atoms with Crippen LogP contribution >= 0.6 is 23.7 Å². The van der Waals surface area contributed by atoms with E-state index in [2.05, 4.69) is 4.98 Å². The highest BCUT2D eigenvalue weighted by Gasteiger charge is 2.31. The molecule has 0 bridgehead atoms. The van der Waals surface area contributed by atoms with Crippen LogP contribution in [0.1, 0.15) is 36.7 Å². The molecule has 1 aromatic carbocycles. The normalized spacial score (nSPS) is 18.1. The number of rotatable bonds is 4. The molecule has 2 unspecified atom stereocenters. The van der Waals surface area contributed by atoms with Gasteiger partial charge in [0, 0.05) is 41.7 Å². The van der Waals surface area contributed by atoms with Gasteiger partial charge in [0.15, 0.2) is 0 Å². The number of aromatic nitrogens is 1. The van der Waals surface area contributed by atoms with E-state index >= 15 is 0 Å². The molecular formula is C17H21ClN4O3S. The van der Waals surface area contributed by atoms with Crippen molar-refractivity contribution in [1.29, 1.82) is 0 Å². The predicted molar refractivity (Wildman–Crippen MR) is 104 cm³/mol. The number of nitro groups is 1. The second-order valence-electron chi connectivity index (χ2n) is 6.27. The Labute approximate surface area is 161 Å². The lowest BCUT2D eigenvalue weighted by molar-refractivity contribution is -0.384. The standard InChI is InChI=1S/C17H20N4O3S.ClH/c1-11(18)15-7-2-3-8-20(15)17(22)14-10-25-16(19-14)12-5-4-6-13(9-12)21(23)24;/h4-6,9-11,15H,2-3,7-8,18H2,1H3;1H. The molecule has 26 heavy (non-hydrogen) atoms. The summed E-state index contributed by atoms with van der Waals surface area (Å²) in [4.78, 5) is 29.6. The molecule has 2 N–H and O–H groups in total. The van der Waals surface area contributed by atoms with E-state index in [1.165, 1.54) is 23.5 Å². The fourth-order valence-electron chi connectivity index (χ4n) is 3.16. The molecule has 0 saturated carbocycles. The van der Waals surface area contributed by atoms with Crippen LogP contribution in [0.3, 0.4) is 0 Å². The summed E-state index contributed by atoms with van der Waals surface area (Å²) in [5.74, 6) is -0.116. The Kier molecular flexibility index (Phi) is 6.69. The molecule has 1 saturated heterocycles. The van der Waals surface area contributed by atoms with Crippen molar-refractivity contribution in [3.05, 3.63) is 45.5 Å². The second-order valence-corrected chi connectivity index (χ2v) is 7.12. The Balaban J connectivity index is 0.00000243. The third-order valence-electron chi connectivity index (χ3n) is 4.44. The first kappa shape index (κ1) is 20.3. The molecule has 2 atom stereocenters. The number of carbonyl (C=O) groups is 1. The van der Waals surface area contributed by atoms with E-state index in [1.54, 1.807) is 17.5 Å². The van der Waals surface area contributed by atoms with Crippen molar-refractivity contribution in [3.8, 4) is 10.6 Å². The maximum Gasteiger partial charge on any atom is 0.273 e. The Morgan fingerprint density at radius 1 is 1.46 bits per heavy atom. The smallest absolute Gasteiger partial charge is 0.273 e. The zero-order valence-corrected chi connectivity index (χ0v) is 16.0. The van der Waals surface area contributed by atoms with Gasteiger partial charge in [-0.3, -0.25) is 14.9 Å². The number of carbonyl (C=O) groups excluding carboxylic acids is 1. The molecule has 0 spiro atoms. The van der Waals surface area contributed by atoms with Crippen molar-refractivity contribution in [1.82, 2.24) is 9.88 Å². The van der Waals surface area contributed by atoms with Crippen molar-refractivity contribution >= 4 is 35.3 Å². The van der Waals surface area contributed by atoms with E-state index in [-0.39, 0.29) is 36.1 Å². The molecule has 1 aromatic heterocycles. The Hall–Kier alpha value is -2.03. The maximum atomic E-state index is 12.8. The highest BCUT2D eigenvalue weighted by atomic mass is 35.5. The minimum atomic E-state index is -0.440. The largest absolute Gasteiger partial charge is 0.333 e. The summed E-state index contributed by atoms with van der Waals surface area (Å²) in [5.41, 5.74) is 7.06. The van der Waals surface area contributed by atoms with E-state index in [9.17, 15) is 14.9 Å². The Bertz CT molecular complexity index is 796. The lowest BCUT2D eigenvalue weighted by Crippen LogP contribution is -2.51. The van der Waals surface area contributed by atoms with Crippen molar-refractivity contribution in [2.45, 2.75) is 38.3 Å². The number of nitrogens with zero attached hydrogens (tertiary/aromatic N) is 3. The lowest BCUT2D eigenvalue weighted by Gasteiger charge is -2.37. The van der Waals surface area contributed by atoms with Gasteiger partial charge in [0.05, 0.1) is 4.92 Å². The van der Waals surface area contributed by atoms with Crippen LogP contribution < -0.4 is 5.73 Å². The summed E-state index contributed by atoms with van der Waals surface area (Å²) in [7, 11) is 0. The first-order valence-corrected chi connectivity index (χ1v) is 9.12. The molecular weight excluding hydrogens is 376 g/mol. The van der Waals surface area contributed by atoms with E-state index < -0.39 is 4.92 Å². The monoisotopic (exact) mass is 396 g/mol. The molecule has 1 fully saturated rings. The zero-order chi connectivity index (χ0) is 18.0. The van der Waals surface area contributed by atoms with E-state index in [1.807, 2.05) is 11.8 Å². The molecule has 2 aromatic rings. The average molecular weight is 397 g/mol. The van der Waals surface area contributed by atoms with Gasteiger partial charge in [-0.2, -0.15) is 0 Å². The highest BCUT2D eigenvalue weighted by Crippen LogP contribution is 2.28. The molecule has 1 amide bonds. The van der Waals surface area contributed by atoms with Crippen LogP contribution in [0.15, 0.2) is 29.6 Å². The number of hydrogen-bond acceptors (Lipinski definition) is 6. The summed E-state index contributed by atoms with van der Waals surface area (Å²) in [6, 6.07) is 6.23. The van der Waals surface area contributed by atoms with Gasteiger partial charge in [0.2, 0.25) is 0 Å². The Morgan fingerprint density at radius 3 is 2.92 bits per heavy atom. The topological polar surface area (TPSA) is 102 Å².